The Morgan fingerprint density at radius 1 is 1.33 bits per heavy atom. The molecule has 6 heteroatoms. The summed E-state index contributed by atoms with van der Waals surface area (Å²) in [5.41, 5.74) is 0. The summed E-state index contributed by atoms with van der Waals surface area (Å²) in [6.07, 6.45) is 0. The standard InChI is InChI=1S/2Li.H2O.2O.V.2H/h;;1H2;;;;;/q2*+1;;;;+1;2*-1/p-1. The van der Waals surface area contributed by atoms with Gasteiger partial charge in [-0.05, 0) is 0 Å². The summed E-state index contributed by atoms with van der Waals surface area (Å²) in [5.74, 6) is 0. The first kappa shape index (κ1) is 15.7. The second-order valence-electron chi connectivity index (χ2n) is 0.238. The summed E-state index contributed by atoms with van der Waals surface area (Å²) >= 11 is -3.69. The normalized spacial score (nSPS) is 4.17. The summed E-state index contributed by atoms with van der Waals surface area (Å²) in [7, 11) is 0. The van der Waals surface area contributed by atoms with Gasteiger partial charge in [-0.2, -0.15) is 0 Å². The van der Waals surface area contributed by atoms with Gasteiger partial charge in [0, 0.05) is 0 Å². The molecule has 1 N–H and O–H groups in total. The van der Waals surface area contributed by atoms with Crippen LogP contribution in [-0.2, 0) is 22.7 Å². The second kappa shape index (κ2) is 9.60. The van der Waals surface area contributed by atoms with E-state index in [-0.39, 0.29) is 40.6 Å². The molecule has 0 saturated carbocycles. The molecule has 0 aliphatic carbocycles. The molecule has 0 saturated heterocycles. The third-order valence-electron chi connectivity index (χ3n) is 0. The van der Waals surface area contributed by atoms with Gasteiger partial charge < -0.3 is 2.85 Å². The van der Waals surface area contributed by atoms with Crippen molar-refractivity contribution in [1.29, 1.82) is 0 Å². The topological polar surface area (TPSA) is 54.4 Å². The Morgan fingerprint density at radius 3 is 1.33 bits per heavy atom. The van der Waals surface area contributed by atoms with E-state index >= 15 is 0 Å². The van der Waals surface area contributed by atoms with Gasteiger partial charge in [-0.1, -0.05) is 0 Å². The van der Waals surface area contributed by atoms with Crippen LogP contribution in [0, 0.1) is 0 Å². The van der Waals surface area contributed by atoms with Gasteiger partial charge in [-0.25, -0.2) is 0 Å². The fourth-order valence-corrected chi connectivity index (χ4v) is 0. The molecule has 0 aromatic carbocycles. The first-order chi connectivity index (χ1) is 1.73. The fraction of sp³-hybridized carbons (Fsp3) is 0. The van der Waals surface area contributed by atoms with E-state index in [9.17, 15) is 0 Å². The third kappa shape index (κ3) is 56.1. The van der Waals surface area contributed by atoms with Crippen molar-refractivity contribution in [3.8, 4) is 0 Å². The van der Waals surface area contributed by atoms with E-state index in [1.54, 1.807) is 0 Å². The van der Waals surface area contributed by atoms with Gasteiger partial charge >= 0.3 is 64.5 Å². The van der Waals surface area contributed by atoms with Crippen LogP contribution in [0.1, 0.15) is 2.85 Å². The van der Waals surface area contributed by atoms with Crippen molar-refractivity contribution in [2.45, 2.75) is 0 Å². The molecule has 0 aromatic rings. The first-order valence-electron chi connectivity index (χ1n) is 0.565. The summed E-state index contributed by atoms with van der Waals surface area (Å²) in [4.78, 5) is 0. The molecule has 3 nitrogen and oxygen atoms in total. The summed E-state index contributed by atoms with van der Waals surface area (Å²) < 4.78 is 24.4. The van der Waals surface area contributed by atoms with Gasteiger partial charge in [0.15, 0.2) is 0 Å². The minimum absolute atomic E-state index is 0. The van der Waals surface area contributed by atoms with Crippen molar-refractivity contribution in [3.05, 3.63) is 0 Å². The second-order valence-corrected chi connectivity index (χ2v) is 0.981. The van der Waals surface area contributed by atoms with Gasteiger partial charge in [-0.3, -0.25) is 0 Å². The Bertz CT molecular complexity index is 63.7. The van der Waals surface area contributed by atoms with Gasteiger partial charge in [0.25, 0.3) is 0 Å². The predicted octanol–water partition coefficient (Wildman–Crippen LogP) is -6.56. The maximum atomic E-state index is 8.67. The van der Waals surface area contributed by atoms with Gasteiger partial charge in [0.05, 0.1) is 0 Å². The molecule has 0 aliphatic rings. The number of hydrogen-bond acceptors (Lipinski definition) is 2. The van der Waals surface area contributed by atoms with Crippen molar-refractivity contribution < 1.29 is 67.4 Å². The molecule has 0 atom stereocenters. The van der Waals surface area contributed by atoms with Crippen LogP contribution >= 0.6 is 0 Å². The Balaban J connectivity index is -0.00000000750. The molecule has 0 fully saturated rings. The quantitative estimate of drug-likeness (QED) is 0.320. The first-order valence-corrected chi connectivity index (χ1v) is 2.33. The van der Waals surface area contributed by atoms with Crippen LogP contribution in [0.25, 0.3) is 0 Å². The molecule has 0 radical (unpaired) electrons. The van der Waals surface area contributed by atoms with E-state index in [0.29, 0.717) is 0 Å². The molecule has 0 unspecified atom stereocenters. The molecule has 28 valence electrons. The van der Waals surface area contributed by atoms with Crippen LogP contribution in [0.3, 0.4) is 0 Å². The van der Waals surface area contributed by atoms with Gasteiger partial charge in [-0.15, -0.1) is 0 Å². The number of hydrogen-bond donors (Lipinski definition) is 1. The Hall–Kier alpha value is 1.34. The molecule has 0 aromatic heterocycles. The molecule has 0 spiro atoms. The van der Waals surface area contributed by atoms with Crippen LogP contribution in [0.4, 0.5) is 0 Å². The SMILES string of the molecule is [H-].[H-].[Li+].[Li+].[O]=[V](=[O])[OH]. The molecule has 6 heavy (non-hydrogen) atoms. The zero-order chi connectivity index (χ0) is 3.58. The molecule has 0 aliphatic heterocycles. The van der Waals surface area contributed by atoms with Crippen molar-refractivity contribution in [2.75, 3.05) is 0 Å². The predicted molar refractivity (Wildman–Crippen MR) is 5.82 cm³/mol. The number of rotatable bonds is 0. The van der Waals surface area contributed by atoms with Gasteiger partial charge in [0.1, 0.15) is 0 Å². The van der Waals surface area contributed by atoms with Crippen LogP contribution in [0.15, 0.2) is 0 Å². The average Bonchev–Trinajstić information content (AvgIpc) is 0.811. The summed E-state index contributed by atoms with van der Waals surface area (Å²) in [5, 5.41) is 0. The fourth-order valence-electron chi connectivity index (χ4n) is 0. The molecular formula is H3Li2O3V. The van der Waals surface area contributed by atoms with Crippen molar-refractivity contribution >= 4 is 0 Å². The third-order valence-corrected chi connectivity index (χ3v) is 0. The monoisotopic (exact) mass is 116 g/mol. The molecule has 0 heterocycles. The van der Waals surface area contributed by atoms with E-state index in [0.717, 1.165) is 0 Å². The molecular weight excluding hydrogens is 113 g/mol. The van der Waals surface area contributed by atoms with Crippen LogP contribution in [0.2, 0.25) is 0 Å². The van der Waals surface area contributed by atoms with Crippen LogP contribution in [0.5, 0.6) is 0 Å². The Labute approximate surface area is 67.2 Å². The Kier molecular flexibility index (Phi) is 25.1. The van der Waals surface area contributed by atoms with Crippen molar-refractivity contribution in [2.24, 2.45) is 0 Å². The zero-order valence-electron chi connectivity index (χ0n) is 5.71. The van der Waals surface area contributed by atoms with Crippen LogP contribution < -0.4 is 37.7 Å². The molecule has 0 rings (SSSR count). The average molecular weight is 116 g/mol. The van der Waals surface area contributed by atoms with E-state index < -0.39 is 15.4 Å². The zero-order valence-corrected chi connectivity index (χ0v) is 5.11. The maximum absolute atomic E-state index is 8.67. The van der Waals surface area contributed by atoms with Crippen molar-refractivity contribution in [1.82, 2.24) is 0 Å². The molecule has 0 amide bonds. The van der Waals surface area contributed by atoms with E-state index in [2.05, 4.69) is 0 Å². The summed E-state index contributed by atoms with van der Waals surface area (Å²) in [6.45, 7) is 0. The van der Waals surface area contributed by atoms with E-state index in [4.69, 9.17) is 11.4 Å². The minimum atomic E-state index is -3.69. The molecule has 0 bridgehead atoms. The van der Waals surface area contributed by atoms with E-state index in [1.165, 1.54) is 0 Å². The summed E-state index contributed by atoms with van der Waals surface area (Å²) in [6, 6.07) is 0. The van der Waals surface area contributed by atoms with E-state index in [1.807, 2.05) is 0 Å². The van der Waals surface area contributed by atoms with Gasteiger partial charge in [0.2, 0.25) is 0 Å². The van der Waals surface area contributed by atoms with Crippen molar-refractivity contribution in [3.63, 3.8) is 0 Å². The van der Waals surface area contributed by atoms with Crippen LogP contribution in [-0.4, -0.2) is 4.03 Å². The Morgan fingerprint density at radius 2 is 1.33 bits per heavy atom.